The van der Waals surface area contributed by atoms with E-state index in [0.717, 1.165) is 13.0 Å². The number of hydrogen-bond donors (Lipinski definition) is 0. The van der Waals surface area contributed by atoms with Gasteiger partial charge in [0.05, 0.1) is 19.3 Å². The van der Waals surface area contributed by atoms with Crippen LogP contribution >= 0.6 is 0 Å². The highest BCUT2D eigenvalue weighted by Crippen LogP contribution is 2.43. The maximum absolute atomic E-state index is 5.67. The van der Waals surface area contributed by atoms with E-state index in [4.69, 9.17) is 9.47 Å². The second-order valence-electron chi connectivity index (χ2n) is 3.71. The van der Waals surface area contributed by atoms with Gasteiger partial charge >= 0.3 is 0 Å². The van der Waals surface area contributed by atoms with E-state index < -0.39 is 0 Å². The standard InChI is InChI=1S/C10H16O2/c1-2-7-11-9-5-3-4-6-10(9)8-12-10/h2,9H,1,3-8H2/t9-,10-/m0/s1. The van der Waals surface area contributed by atoms with Crippen molar-refractivity contribution in [2.45, 2.75) is 37.4 Å². The molecular formula is C10H16O2. The van der Waals surface area contributed by atoms with E-state index in [1.807, 2.05) is 6.08 Å². The highest BCUT2D eigenvalue weighted by Gasteiger charge is 2.53. The van der Waals surface area contributed by atoms with Crippen LogP contribution in [0.15, 0.2) is 12.7 Å². The molecule has 1 spiro atoms. The van der Waals surface area contributed by atoms with Crippen molar-refractivity contribution >= 4 is 0 Å². The Kier molecular flexibility index (Phi) is 2.20. The third kappa shape index (κ3) is 1.41. The molecule has 0 bridgehead atoms. The third-order valence-corrected chi connectivity index (χ3v) is 2.83. The summed E-state index contributed by atoms with van der Waals surface area (Å²) in [5, 5.41) is 0. The molecule has 2 nitrogen and oxygen atoms in total. The molecule has 0 radical (unpaired) electrons. The van der Waals surface area contributed by atoms with Crippen molar-refractivity contribution in [3.05, 3.63) is 12.7 Å². The van der Waals surface area contributed by atoms with Crippen molar-refractivity contribution in [2.75, 3.05) is 13.2 Å². The topological polar surface area (TPSA) is 21.8 Å². The molecule has 1 saturated heterocycles. The molecule has 1 aliphatic heterocycles. The molecule has 1 aliphatic carbocycles. The highest BCUT2D eigenvalue weighted by atomic mass is 16.6. The van der Waals surface area contributed by atoms with Gasteiger partial charge in [-0.3, -0.25) is 0 Å². The molecule has 0 aromatic carbocycles. The van der Waals surface area contributed by atoms with E-state index in [1.54, 1.807) is 0 Å². The van der Waals surface area contributed by atoms with Crippen LogP contribution in [0.25, 0.3) is 0 Å². The lowest BCUT2D eigenvalue weighted by Gasteiger charge is -2.28. The van der Waals surface area contributed by atoms with Crippen LogP contribution in [0.4, 0.5) is 0 Å². The van der Waals surface area contributed by atoms with Crippen molar-refractivity contribution in [3.63, 3.8) is 0 Å². The minimum Gasteiger partial charge on any atom is -0.371 e. The quantitative estimate of drug-likeness (QED) is 0.474. The smallest absolute Gasteiger partial charge is 0.118 e. The lowest BCUT2D eigenvalue weighted by molar-refractivity contribution is -0.0140. The first-order chi connectivity index (χ1) is 5.87. The predicted molar refractivity (Wildman–Crippen MR) is 47.1 cm³/mol. The Morgan fingerprint density at radius 2 is 2.42 bits per heavy atom. The van der Waals surface area contributed by atoms with Gasteiger partial charge < -0.3 is 9.47 Å². The van der Waals surface area contributed by atoms with E-state index in [-0.39, 0.29) is 5.60 Å². The fraction of sp³-hybridized carbons (Fsp3) is 0.800. The fourth-order valence-corrected chi connectivity index (χ4v) is 2.02. The van der Waals surface area contributed by atoms with E-state index >= 15 is 0 Å². The van der Waals surface area contributed by atoms with Crippen molar-refractivity contribution in [1.29, 1.82) is 0 Å². The summed E-state index contributed by atoms with van der Waals surface area (Å²) in [6.45, 7) is 5.22. The molecule has 68 valence electrons. The first-order valence-electron chi connectivity index (χ1n) is 4.74. The Bertz CT molecular complexity index is 173. The Hall–Kier alpha value is -0.340. The van der Waals surface area contributed by atoms with Gasteiger partial charge in [0.25, 0.3) is 0 Å². The SMILES string of the molecule is C=CCO[C@H]1CCCC[C@]12CO2. The minimum atomic E-state index is 0.126. The third-order valence-electron chi connectivity index (χ3n) is 2.83. The summed E-state index contributed by atoms with van der Waals surface area (Å²) in [6, 6.07) is 0. The van der Waals surface area contributed by atoms with Crippen LogP contribution < -0.4 is 0 Å². The van der Waals surface area contributed by atoms with Crippen molar-refractivity contribution in [2.24, 2.45) is 0 Å². The molecule has 0 aromatic heterocycles. The number of ether oxygens (including phenoxy) is 2. The van der Waals surface area contributed by atoms with Gasteiger partial charge in [0.2, 0.25) is 0 Å². The second-order valence-corrected chi connectivity index (χ2v) is 3.71. The molecule has 0 unspecified atom stereocenters. The lowest BCUT2D eigenvalue weighted by atomic mass is 9.87. The van der Waals surface area contributed by atoms with Crippen LogP contribution in [0.5, 0.6) is 0 Å². The Balaban J connectivity index is 1.88. The monoisotopic (exact) mass is 168 g/mol. The maximum atomic E-state index is 5.67. The first kappa shape index (κ1) is 8.27. The summed E-state index contributed by atoms with van der Waals surface area (Å²) in [4.78, 5) is 0. The summed E-state index contributed by atoms with van der Waals surface area (Å²) in [5.41, 5.74) is 0.126. The summed E-state index contributed by atoms with van der Waals surface area (Å²) >= 11 is 0. The average Bonchev–Trinajstić information content (AvgIpc) is 2.85. The summed E-state index contributed by atoms with van der Waals surface area (Å²) in [6.07, 6.45) is 7.08. The van der Waals surface area contributed by atoms with Crippen molar-refractivity contribution in [1.82, 2.24) is 0 Å². The minimum absolute atomic E-state index is 0.126. The molecule has 0 amide bonds. The average molecular weight is 168 g/mol. The van der Waals surface area contributed by atoms with E-state index in [2.05, 4.69) is 6.58 Å². The molecule has 2 aliphatic rings. The van der Waals surface area contributed by atoms with Crippen molar-refractivity contribution in [3.8, 4) is 0 Å². The van der Waals surface area contributed by atoms with Crippen LogP contribution in [0, 0.1) is 0 Å². The Labute approximate surface area is 73.5 Å². The zero-order valence-corrected chi connectivity index (χ0v) is 7.42. The molecule has 12 heavy (non-hydrogen) atoms. The number of epoxide rings is 1. The molecule has 2 heteroatoms. The maximum Gasteiger partial charge on any atom is 0.118 e. The molecule has 0 N–H and O–H groups in total. The van der Waals surface area contributed by atoms with Gasteiger partial charge in [-0.2, -0.15) is 0 Å². The van der Waals surface area contributed by atoms with E-state index in [9.17, 15) is 0 Å². The fourth-order valence-electron chi connectivity index (χ4n) is 2.02. The first-order valence-corrected chi connectivity index (χ1v) is 4.74. The van der Waals surface area contributed by atoms with Crippen LogP contribution in [0.2, 0.25) is 0 Å². The van der Waals surface area contributed by atoms with Gasteiger partial charge in [-0.25, -0.2) is 0 Å². The lowest BCUT2D eigenvalue weighted by Crippen LogP contribution is -2.35. The zero-order chi connectivity index (χ0) is 8.44. The van der Waals surface area contributed by atoms with Gasteiger partial charge in [-0.15, -0.1) is 6.58 Å². The summed E-state index contributed by atoms with van der Waals surface area (Å²) in [7, 11) is 0. The van der Waals surface area contributed by atoms with Crippen LogP contribution in [-0.2, 0) is 9.47 Å². The molecule has 2 atom stereocenters. The number of hydrogen-bond acceptors (Lipinski definition) is 2. The molecule has 1 heterocycles. The van der Waals surface area contributed by atoms with Crippen LogP contribution in [0.3, 0.4) is 0 Å². The molecular weight excluding hydrogens is 152 g/mol. The zero-order valence-electron chi connectivity index (χ0n) is 7.42. The number of rotatable bonds is 3. The summed E-state index contributed by atoms with van der Waals surface area (Å²) in [5.74, 6) is 0. The molecule has 0 aromatic rings. The summed E-state index contributed by atoms with van der Waals surface area (Å²) < 4.78 is 11.2. The van der Waals surface area contributed by atoms with Crippen LogP contribution in [-0.4, -0.2) is 24.9 Å². The Morgan fingerprint density at radius 1 is 1.58 bits per heavy atom. The molecule has 1 saturated carbocycles. The molecule has 2 fully saturated rings. The van der Waals surface area contributed by atoms with E-state index in [1.165, 1.54) is 19.3 Å². The molecule has 2 rings (SSSR count). The van der Waals surface area contributed by atoms with Gasteiger partial charge in [0.1, 0.15) is 5.60 Å². The second kappa shape index (κ2) is 3.19. The van der Waals surface area contributed by atoms with Crippen LogP contribution in [0.1, 0.15) is 25.7 Å². The normalized spacial score (nSPS) is 39.8. The van der Waals surface area contributed by atoms with Gasteiger partial charge in [0, 0.05) is 0 Å². The van der Waals surface area contributed by atoms with Gasteiger partial charge in [-0.05, 0) is 12.8 Å². The highest BCUT2D eigenvalue weighted by molar-refractivity contribution is 5.02. The Morgan fingerprint density at radius 3 is 3.08 bits per heavy atom. The van der Waals surface area contributed by atoms with E-state index in [0.29, 0.717) is 12.7 Å². The largest absolute Gasteiger partial charge is 0.371 e. The predicted octanol–water partition coefficient (Wildman–Crippen LogP) is 1.90. The van der Waals surface area contributed by atoms with Crippen molar-refractivity contribution < 1.29 is 9.47 Å². The van der Waals surface area contributed by atoms with Gasteiger partial charge in [0.15, 0.2) is 0 Å². The van der Waals surface area contributed by atoms with Gasteiger partial charge in [-0.1, -0.05) is 18.9 Å².